The van der Waals surface area contributed by atoms with Gasteiger partial charge >= 0.3 is 0 Å². The summed E-state index contributed by atoms with van der Waals surface area (Å²) in [7, 11) is -2.80. The van der Waals surface area contributed by atoms with Gasteiger partial charge in [0.15, 0.2) is 9.84 Å². The predicted octanol–water partition coefficient (Wildman–Crippen LogP) is -0.106. The van der Waals surface area contributed by atoms with E-state index in [0.717, 1.165) is 5.69 Å². The smallest absolute Gasteiger partial charge is 0.152 e. The van der Waals surface area contributed by atoms with Crippen LogP contribution in [0.15, 0.2) is 18.3 Å². The van der Waals surface area contributed by atoms with E-state index in [0.29, 0.717) is 25.3 Å². The van der Waals surface area contributed by atoms with Crippen LogP contribution >= 0.6 is 0 Å². The summed E-state index contributed by atoms with van der Waals surface area (Å²) in [5.41, 5.74) is 7.11. The Balaban J connectivity index is 1.94. The molecule has 0 unspecified atom stereocenters. The highest BCUT2D eigenvalue weighted by molar-refractivity contribution is 7.91. The second-order valence-electron chi connectivity index (χ2n) is 4.01. The third kappa shape index (κ3) is 2.93. The highest BCUT2D eigenvalue weighted by Gasteiger charge is 2.21. The molecule has 2 rings (SSSR count). The summed E-state index contributed by atoms with van der Waals surface area (Å²) >= 11 is 0. The molecule has 1 saturated heterocycles. The Morgan fingerprint density at radius 3 is 2.56 bits per heavy atom. The Kier molecular flexibility index (Phi) is 3.11. The summed E-state index contributed by atoms with van der Waals surface area (Å²) in [6.07, 6.45) is 1.62. The first-order valence-electron chi connectivity index (χ1n) is 5.18. The number of nitrogen functional groups attached to an aromatic ring is 1. The van der Waals surface area contributed by atoms with Crippen LogP contribution in [0.2, 0.25) is 0 Å². The van der Waals surface area contributed by atoms with E-state index >= 15 is 0 Å². The van der Waals surface area contributed by atoms with E-state index in [2.05, 4.69) is 9.88 Å². The van der Waals surface area contributed by atoms with Gasteiger partial charge in [0.05, 0.1) is 29.1 Å². The van der Waals surface area contributed by atoms with Crippen molar-refractivity contribution in [2.75, 3.05) is 30.3 Å². The molecule has 0 bridgehead atoms. The van der Waals surface area contributed by atoms with Gasteiger partial charge in [0, 0.05) is 19.6 Å². The number of anilines is 1. The first-order valence-corrected chi connectivity index (χ1v) is 7.00. The van der Waals surface area contributed by atoms with E-state index in [1.165, 1.54) is 0 Å². The normalized spacial score (nSPS) is 20.8. The van der Waals surface area contributed by atoms with Gasteiger partial charge in [0.1, 0.15) is 0 Å². The number of nitrogens with zero attached hydrogens (tertiary/aromatic N) is 2. The Hall–Kier alpha value is -1.14. The van der Waals surface area contributed by atoms with Crippen LogP contribution in [0.1, 0.15) is 5.69 Å². The highest BCUT2D eigenvalue weighted by atomic mass is 32.2. The van der Waals surface area contributed by atoms with Gasteiger partial charge in [-0.15, -0.1) is 0 Å². The van der Waals surface area contributed by atoms with Gasteiger partial charge in [0.2, 0.25) is 0 Å². The van der Waals surface area contributed by atoms with Crippen LogP contribution < -0.4 is 5.73 Å². The summed E-state index contributed by atoms with van der Waals surface area (Å²) in [6, 6.07) is 3.68. The molecule has 0 atom stereocenters. The molecular weight excluding hydrogens is 226 g/mol. The monoisotopic (exact) mass is 241 g/mol. The number of pyridine rings is 1. The Morgan fingerprint density at radius 2 is 2.00 bits per heavy atom. The fraction of sp³-hybridized carbons (Fsp3) is 0.500. The van der Waals surface area contributed by atoms with Crippen molar-refractivity contribution in [3.8, 4) is 0 Å². The third-order valence-electron chi connectivity index (χ3n) is 2.67. The lowest BCUT2D eigenvalue weighted by atomic mass is 10.3. The zero-order valence-corrected chi connectivity index (χ0v) is 9.78. The minimum absolute atomic E-state index is 0.252. The molecule has 88 valence electrons. The Morgan fingerprint density at radius 1 is 1.31 bits per heavy atom. The summed E-state index contributed by atoms with van der Waals surface area (Å²) < 4.78 is 22.5. The molecule has 2 heterocycles. The zero-order valence-electron chi connectivity index (χ0n) is 8.96. The maximum absolute atomic E-state index is 11.2. The van der Waals surface area contributed by atoms with E-state index in [-0.39, 0.29) is 11.5 Å². The Bertz CT molecular complexity index is 441. The zero-order chi connectivity index (χ0) is 11.6. The number of sulfone groups is 1. The molecule has 1 aromatic rings. The van der Waals surface area contributed by atoms with Gasteiger partial charge in [-0.3, -0.25) is 9.88 Å². The number of aromatic nitrogens is 1. The lowest BCUT2D eigenvalue weighted by Crippen LogP contribution is -2.39. The van der Waals surface area contributed by atoms with Gasteiger partial charge < -0.3 is 5.73 Å². The topological polar surface area (TPSA) is 76.3 Å². The molecule has 0 aromatic carbocycles. The van der Waals surface area contributed by atoms with E-state index in [1.807, 2.05) is 12.1 Å². The third-order valence-corrected chi connectivity index (χ3v) is 4.28. The van der Waals surface area contributed by atoms with E-state index < -0.39 is 9.84 Å². The van der Waals surface area contributed by atoms with Crippen LogP contribution in [0.3, 0.4) is 0 Å². The molecule has 1 fully saturated rings. The SMILES string of the molecule is Nc1ccc(CN2CCS(=O)(=O)CC2)nc1. The lowest BCUT2D eigenvalue weighted by molar-refractivity contribution is 0.284. The fourth-order valence-electron chi connectivity index (χ4n) is 1.67. The van der Waals surface area contributed by atoms with Crippen molar-refractivity contribution in [1.29, 1.82) is 0 Å². The quantitative estimate of drug-likeness (QED) is 0.782. The summed E-state index contributed by atoms with van der Waals surface area (Å²) in [4.78, 5) is 6.29. The molecule has 16 heavy (non-hydrogen) atoms. The average Bonchev–Trinajstić information content (AvgIpc) is 2.24. The van der Waals surface area contributed by atoms with Crippen molar-refractivity contribution in [3.63, 3.8) is 0 Å². The van der Waals surface area contributed by atoms with Crippen LogP contribution in [0.5, 0.6) is 0 Å². The lowest BCUT2D eigenvalue weighted by Gasteiger charge is -2.25. The average molecular weight is 241 g/mol. The number of nitrogens with two attached hydrogens (primary N) is 1. The Labute approximate surface area is 95.2 Å². The minimum Gasteiger partial charge on any atom is -0.397 e. The largest absolute Gasteiger partial charge is 0.397 e. The van der Waals surface area contributed by atoms with Crippen LogP contribution in [0.4, 0.5) is 5.69 Å². The van der Waals surface area contributed by atoms with Gasteiger partial charge in [-0.2, -0.15) is 0 Å². The molecule has 0 radical (unpaired) electrons. The first kappa shape index (κ1) is 11.3. The molecule has 6 heteroatoms. The summed E-state index contributed by atoms with van der Waals surface area (Å²) in [5, 5.41) is 0. The summed E-state index contributed by atoms with van der Waals surface area (Å²) in [5.74, 6) is 0.504. The van der Waals surface area contributed by atoms with E-state index in [1.54, 1.807) is 6.20 Å². The van der Waals surface area contributed by atoms with Crippen molar-refractivity contribution in [1.82, 2.24) is 9.88 Å². The molecule has 1 aliphatic heterocycles. The molecule has 5 nitrogen and oxygen atoms in total. The molecule has 0 spiro atoms. The number of hydrogen-bond donors (Lipinski definition) is 1. The second-order valence-corrected chi connectivity index (χ2v) is 6.31. The van der Waals surface area contributed by atoms with Crippen molar-refractivity contribution in [2.24, 2.45) is 0 Å². The number of hydrogen-bond acceptors (Lipinski definition) is 5. The minimum atomic E-state index is -2.80. The first-order chi connectivity index (χ1) is 7.55. The maximum atomic E-state index is 11.2. The van der Waals surface area contributed by atoms with Crippen LogP contribution in [0, 0.1) is 0 Å². The van der Waals surface area contributed by atoms with Crippen LogP contribution in [-0.4, -0.2) is 42.9 Å². The molecule has 0 aliphatic carbocycles. The highest BCUT2D eigenvalue weighted by Crippen LogP contribution is 2.09. The molecule has 0 amide bonds. The summed E-state index contributed by atoms with van der Waals surface area (Å²) in [6.45, 7) is 1.87. The molecule has 1 aromatic heterocycles. The van der Waals surface area contributed by atoms with Gasteiger partial charge in [-0.1, -0.05) is 0 Å². The molecule has 2 N–H and O–H groups in total. The van der Waals surface area contributed by atoms with Crippen molar-refractivity contribution >= 4 is 15.5 Å². The predicted molar refractivity (Wildman–Crippen MR) is 62.6 cm³/mol. The van der Waals surface area contributed by atoms with E-state index in [9.17, 15) is 8.42 Å². The van der Waals surface area contributed by atoms with Gasteiger partial charge in [0.25, 0.3) is 0 Å². The van der Waals surface area contributed by atoms with Crippen molar-refractivity contribution < 1.29 is 8.42 Å². The maximum Gasteiger partial charge on any atom is 0.152 e. The molecular formula is C10H15N3O2S. The van der Waals surface area contributed by atoms with Crippen LogP contribution in [-0.2, 0) is 16.4 Å². The fourth-order valence-corrected chi connectivity index (χ4v) is 2.94. The van der Waals surface area contributed by atoms with E-state index in [4.69, 9.17) is 5.73 Å². The molecule has 0 saturated carbocycles. The standard InChI is InChI=1S/C10H15N3O2S/c11-9-1-2-10(12-7-9)8-13-3-5-16(14,15)6-4-13/h1-2,7H,3-6,8,11H2. The second kappa shape index (κ2) is 4.39. The molecule has 1 aliphatic rings. The number of rotatable bonds is 2. The van der Waals surface area contributed by atoms with Crippen LogP contribution in [0.25, 0.3) is 0 Å². The van der Waals surface area contributed by atoms with Crippen molar-refractivity contribution in [3.05, 3.63) is 24.0 Å². The van der Waals surface area contributed by atoms with Gasteiger partial charge in [-0.25, -0.2) is 8.42 Å². The van der Waals surface area contributed by atoms with Crippen molar-refractivity contribution in [2.45, 2.75) is 6.54 Å². The van der Waals surface area contributed by atoms with Gasteiger partial charge in [-0.05, 0) is 12.1 Å².